The van der Waals surface area contributed by atoms with Gasteiger partial charge in [0.15, 0.2) is 0 Å². The molecule has 0 saturated heterocycles. The molecule has 1 aliphatic heterocycles. The zero-order valence-corrected chi connectivity index (χ0v) is 19.8. The fourth-order valence-corrected chi connectivity index (χ4v) is 4.70. The largest absolute Gasteiger partial charge is 0.485 e. The number of carbonyl (C=O) groups is 1. The third kappa shape index (κ3) is 4.96. The molecule has 2 atom stereocenters. The van der Waals surface area contributed by atoms with Crippen LogP contribution in [0.3, 0.4) is 0 Å². The number of carbonyl (C=O) groups excluding carboxylic acids is 1. The Morgan fingerprint density at radius 2 is 1.85 bits per heavy atom. The second kappa shape index (κ2) is 9.96. The zero-order chi connectivity index (χ0) is 23.4. The molecule has 3 heteroatoms. The van der Waals surface area contributed by atoms with E-state index in [1.54, 1.807) is 6.92 Å². The van der Waals surface area contributed by atoms with Crippen molar-refractivity contribution >= 4 is 5.97 Å². The minimum Gasteiger partial charge on any atom is -0.485 e. The first-order valence-electron chi connectivity index (χ1n) is 11.4. The van der Waals surface area contributed by atoms with Gasteiger partial charge in [-0.15, -0.1) is 5.92 Å². The molecule has 1 heterocycles. The van der Waals surface area contributed by atoms with E-state index in [1.807, 2.05) is 12.1 Å². The van der Waals surface area contributed by atoms with Gasteiger partial charge in [-0.1, -0.05) is 54.5 Å². The topological polar surface area (TPSA) is 35.5 Å². The van der Waals surface area contributed by atoms with Crippen molar-refractivity contribution in [2.45, 2.75) is 52.1 Å². The minimum absolute atomic E-state index is 0.0222. The van der Waals surface area contributed by atoms with Crippen molar-refractivity contribution in [2.75, 3.05) is 7.11 Å². The SMILES string of the molecule is CC#CC(CC(=O)OC)c1ccc2c(c1)CCC(c1cccc(-c3c(C)cccc3C)c1)O2. The van der Waals surface area contributed by atoms with E-state index in [0.717, 1.165) is 24.2 Å². The van der Waals surface area contributed by atoms with Crippen molar-refractivity contribution in [1.82, 2.24) is 0 Å². The van der Waals surface area contributed by atoms with Crippen molar-refractivity contribution in [2.24, 2.45) is 0 Å². The van der Waals surface area contributed by atoms with Gasteiger partial charge in [-0.2, -0.15) is 0 Å². The van der Waals surface area contributed by atoms with Gasteiger partial charge in [0.25, 0.3) is 0 Å². The second-order valence-corrected chi connectivity index (χ2v) is 8.63. The van der Waals surface area contributed by atoms with Crippen LogP contribution in [0.1, 0.15) is 59.6 Å². The van der Waals surface area contributed by atoms with Crippen LogP contribution in [0.2, 0.25) is 0 Å². The average Bonchev–Trinajstić information content (AvgIpc) is 2.83. The van der Waals surface area contributed by atoms with Crippen molar-refractivity contribution < 1.29 is 14.3 Å². The predicted molar refractivity (Wildman–Crippen MR) is 132 cm³/mol. The molecule has 0 spiro atoms. The number of esters is 1. The smallest absolute Gasteiger partial charge is 0.307 e. The van der Waals surface area contributed by atoms with E-state index in [2.05, 4.69) is 74.2 Å². The minimum atomic E-state index is -0.249. The highest BCUT2D eigenvalue weighted by atomic mass is 16.5. The Morgan fingerprint density at radius 3 is 2.58 bits per heavy atom. The summed E-state index contributed by atoms with van der Waals surface area (Å²) in [6.07, 6.45) is 2.11. The monoisotopic (exact) mass is 438 g/mol. The average molecular weight is 439 g/mol. The molecular formula is C30H30O3. The fourth-order valence-electron chi connectivity index (χ4n) is 4.70. The highest BCUT2D eigenvalue weighted by molar-refractivity contribution is 5.72. The first-order chi connectivity index (χ1) is 16.0. The van der Waals surface area contributed by atoms with Crippen LogP contribution in [0.25, 0.3) is 11.1 Å². The number of aryl methyl sites for hydroxylation is 3. The molecule has 3 aromatic carbocycles. The van der Waals surface area contributed by atoms with Crippen LogP contribution in [0.5, 0.6) is 5.75 Å². The second-order valence-electron chi connectivity index (χ2n) is 8.63. The molecule has 3 nitrogen and oxygen atoms in total. The molecule has 0 fully saturated rings. The van der Waals surface area contributed by atoms with Gasteiger partial charge in [0.1, 0.15) is 11.9 Å². The normalized spacial score (nSPS) is 15.5. The van der Waals surface area contributed by atoms with Crippen LogP contribution >= 0.6 is 0 Å². The summed E-state index contributed by atoms with van der Waals surface area (Å²) < 4.78 is 11.3. The van der Waals surface area contributed by atoms with Gasteiger partial charge in [0, 0.05) is 0 Å². The Bertz CT molecular complexity index is 1210. The summed E-state index contributed by atoms with van der Waals surface area (Å²) in [5, 5.41) is 0. The molecule has 0 bridgehead atoms. The summed E-state index contributed by atoms with van der Waals surface area (Å²) in [5.41, 5.74) is 8.50. The standard InChI is InChI=1S/C30H30O3/c1-5-8-22(19-29(31)32-4)23-13-15-28-25(17-23)14-16-27(33-28)24-11-7-12-26(18-24)30-20(2)9-6-10-21(30)3/h6-7,9-13,15,17-18,22,27H,14,16,19H2,1-4H3. The van der Waals surface area contributed by atoms with Crippen molar-refractivity contribution in [1.29, 1.82) is 0 Å². The summed E-state index contributed by atoms with van der Waals surface area (Å²) in [5.74, 6) is 6.58. The van der Waals surface area contributed by atoms with Crippen molar-refractivity contribution in [3.05, 3.63) is 88.5 Å². The lowest BCUT2D eigenvalue weighted by atomic mass is 9.90. The predicted octanol–water partition coefficient (Wildman–Crippen LogP) is 6.71. The van der Waals surface area contributed by atoms with Crippen LogP contribution in [-0.4, -0.2) is 13.1 Å². The van der Waals surface area contributed by atoms with Crippen molar-refractivity contribution in [3.8, 4) is 28.7 Å². The fraction of sp³-hybridized carbons (Fsp3) is 0.300. The first-order valence-corrected chi connectivity index (χ1v) is 11.4. The van der Waals surface area contributed by atoms with Gasteiger partial charge in [0.2, 0.25) is 0 Å². The molecule has 0 amide bonds. The Morgan fingerprint density at radius 1 is 1.09 bits per heavy atom. The van der Waals surface area contributed by atoms with Gasteiger partial charge in [-0.25, -0.2) is 0 Å². The summed E-state index contributed by atoms with van der Waals surface area (Å²) in [6, 6.07) is 21.3. The van der Waals surface area contributed by atoms with Crippen LogP contribution in [0.4, 0.5) is 0 Å². The maximum Gasteiger partial charge on any atom is 0.307 e. The maximum absolute atomic E-state index is 11.8. The summed E-state index contributed by atoms with van der Waals surface area (Å²) in [7, 11) is 1.41. The molecule has 0 saturated carbocycles. The van der Waals surface area contributed by atoms with E-state index >= 15 is 0 Å². The lowest BCUT2D eigenvalue weighted by Crippen LogP contribution is -2.16. The molecular weight excluding hydrogens is 408 g/mol. The van der Waals surface area contributed by atoms with E-state index in [4.69, 9.17) is 9.47 Å². The molecule has 0 radical (unpaired) electrons. The highest BCUT2D eigenvalue weighted by Crippen LogP contribution is 2.38. The number of rotatable bonds is 5. The third-order valence-electron chi connectivity index (χ3n) is 6.38. The van der Waals surface area contributed by atoms with Crippen LogP contribution in [0, 0.1) is 25.7 Å². The number of fused-ring (bicyclic) bond motifs is 1. The molecule has 0 N–H and O–H groups in total. The Hall–Kier alpha value is -3.51. The summed E-state index contributed by atoms with van der Waals surface area (Å²) in [6.45, 7) is 6.12. The Labute approximate surface area is 196 Å². The first kappa shape index (κ1) is 22.7. The van der Waals surface area contributed by atoms with Gasteiger partial charge < -0.3 is 9.47 Å². The lowest BCUT2D eigenvalue weighted by Gasteiger charge is -2.28. The number of ether oxygens (including phenoxy) is 2. The highest BCUT2D eigenvalue weighted by Gasteiger charge is 2.24. The molecule has 4 rings (SSSR count). The maximum atomic E-state index is 11.8. The van der Waals surface area contributed by atoms with Crippen LogP contribution in [0.15, 0.2) is 60.7 Å². The number of benzene rings is 3. The molecule has 33 heavy (non-hydrogen) atoms. The molecule has 0 aromatic heterocycles. The number of hydrogen-bond donors (Lipinski definition) is 0. The van der Waals surface area contributed by atoms with Crippen LogP contribution < -0.4 is 4.74 Å². The van der Waals surface area contributed by atoms with E-state index in [9.17, 15) is 4.79 Å². The number of hydrogen-bond acceptors (Lipinski definition) is 3. The Kier molecular flexibility index (Phi) is 6.84. The molecule has 168 valence electrons. The van der Waals surface area contributed by atoms with E-state index in [-0.39, 0.29) is 24.4 Å². The summed E-state index contributed by atoms with van der Waals surface area (Å²) in [4.78, 5) is 11.8. The molecule has 0 aliphatic carbocycles. The van der Waals surface area contributed by atoms with Gasteiger partial charge >= 0.3 is 5.97 Å². The van der Waals surface area contributed by atoms with E-state index in [0.29, 0.717) is 0 Å². The molecule has 1 aliphatic rings. The Balaban J connectivity index is 1.57. The van der Waals surface area contributed by atoms with E-state index in [1.165, 1.54) is 40.5 Å². The van der Waals surface area contributed by atoms with Gasteiger partial charge in [-0.05, 0) is 84.7 Å². The zero-order valence-electron chi connectivity index (χ0n) is 19.8. The van der Waals surface area contributed by atoms with Gasteiger partial charge in [-0.3, -0.25) is 4.79 Å². The third-order valence-corrected chi connectivity index (χ3v) is 6.38. The van der Waals surface area contributed by atoms with Gasteiger partial charge in [0.05, 0.1) is 19.4 Å². The molecule has 2 unspecified atom stereocenters. The lowest BCUT2D eigenvalue weighted by molar-refractivity contribution is -0.140. The molecule has 3 aromatic rings. The van der Waals surface area contributed by atoms with Crippen molar-refractivity contribution in [3.63, 3.8) is 0 Å². The number of methoxy groups -OCH3 is 1. The quantitative estimate of drug-likeness (QED) is 0.328. The summed E-state index contributed by atoms with van der Waals surface area (Å²) >= 11 is 0. The van der Waals surface area contributed by atoms with Crippen LogP contribution in [-0.2, 0) is 16.0 Å². The van der Waals surface area contributed by atoms with E-state index < -0.39 is 0 Å².